The van der Waals surface area contributed by atoms with Crippen LogP contribution in [0, 0.1) is 0 Å². The number of piperidine rings is 1. The van der Waals surface area contributed by atoms with E-state index >= 15 is 0 Å². The molecule has 0 atom stereocenters. The fraction of sp³-hybridized carbons (Fsp3) is 0.647. The Kier molecular flexibility index (Phi) is 6.01. The third-order valence-electron chi connectivity index (χ3n) is 4.45. The number of nitrogens with zero attached hydrogens (tertiary/aromatic N) is 4. The van der Waals surface area contributed by atoms with Gasteiger partial charge in [-0.3, -0.25) is 4.90 Å². The maximum Gasteiger partial charge on any atom is 0.252 e. The molecule has 1 aliphatic rings. The summed E-state index contributed by atoms with van der Waals surface area (Å²) < 4.78 is 18.3. The Morgan fingerprint density at radius 3 is 2.88 bits per heavy atom. The average molecular weight is 334 g/mol. The van der Waals surface area contributed by atoms with Crippen molar-refractivity contribution < 1.29 is 14.0 Å². The normalized spacial score (nSPS) is 16.8. The van der Waals surface area contributed by atoms with Crippen molar-refractivity contribution in [3.63, 3.8) is 0 Å². The second kappa shape index (κ2) is 8.41. The molecular weight excluding hydrogens is 308 g/mol. The number of ether oxygens (including phenoxy) is 2. The Morgan fingerprint density at radius 1 is 1.33 bits per heavy atom. The first-order chi connectivity index (χ1) is 11.7. The van der Waals surface area contributed by atoms with E-state index in [1.165, 1.54) is 5.69 Å². The molecule has 0 aromatic carbocycles. The summed E-state index contributed by atoms with van der Waals surface area (Å²) in [6, 6.07) is 4.27. The molecule has 132 valence electrons. The molecule has 0 N–H and O–H groups in total. The molecular formula is C17H26N4O3. The van der Waals surface area contributed by atoms with E-state index in [0.717, 1.165) is 32.5 Å². The van der Waals surface area contributed by atoms with Crippen LogP contribution in [-0.2, 0) is 36.1 Å². The third-order valence-corrected chi connectivity index (χ3v) is 4.45. The molecule has 1 aliphatic heterocycles. The van der Waals surface area contributed by atoms with Gasteiger partial charge in [-0.25, -0.2) is 0 Å². The van der Waals surface area contributed by atoms with E-state index in [-0.39, 0.29) is 6.10 Å². The first kappa shape index (κ1) is 17.1. The monoisotopic (exact) mass is 334 g/mol. The fourth-order valence-electron chi connectivity index (χ4n) is 2.96. The van der Waals surface area contributed by atoms with Crippen molar-refractivity contribution >= 4 is 0 Å². The van der Waals surface area contributed by atoms with Crippen molar-refractivity contribution in [2.75, 3.05) is 26.8 Å². The highest BCUT2D eigenvalue weighted by molar-refractivity contribution is 5.06. The summed E-state index contributed by atoms with van der Waals surface area (Å²) in [7, 11) is 3.75. The lowest BCUT2D eigenvalue weighted by molar-refractivity contribution is -0.0139. The van der Waals surface area contributed by atoms with Crippen molar-refractivity contribution in [3.05, 3.63) is 35.7 Å². The second-order valence-electron chi connectivity index (χ2n) is 6.24. The zero-order valence-electron chi connectivity index (χ0n) is 14.5. The highest BCUT2D eigenvalue weighted by atomic mass is 16.5. The standard InChI is InChI=1S/C17H26N4O3/c1-20-8-3-4-14(20)12-21-9-5-15(6-10-21)23-13-17-18-16(19-24-17)7-11-22-2/h3-4,8,15H,5-7,9-13H2,1-2H3. The fourth-order valence-corrected chi connectivity index (χ4v) is 2.96. The number of likely N-dealkylation sites (tertiary alicyclic amines) is 1. The number of aryl methyl sites for hydroxylation is 1. The summed E-state index contributed by atoms with van der Waals surface area (Å²) in [6.45, 7) is 4.10. The van der Waals surface area contributed by atoms with E-state index < -0.39 is 0 Å². The second-order valence-corrected chi connectivity index (χ2v) is 6.24. The van der Waals surface area contributed by atoms with Gasteiger partial charge in [-0.15, -0.1) is 0 Å². The van der Waals surface area contributed by atoms with E-state index in [0.29, 0.717) is 31.3 Å². The molecule has 0 saturated carbocycles. The van der Waals surface area contributed by atoms with Crippen LogP contribution in [-0.4, -0.2) is 52.5 Å². The number of rotatable bonds is 8. The Labute approximate surface area is 142 Å². The lowest BCUT2D eigenvalue weighted by Gasteiger charge is -2.31. The third kappa shape index (κ3) is 4.66. The van der Waals surface area contributed by atoms with Gasteiger partial charge in [-0.1, -0.05) is 5.16 Å². The van der Waals surface area contributed by atoms with Gasteiger partial charge in [0.15, 0.2) is 5.82 Å². The molecule has 2 aromatic heterocycles. The van der Waals surface area contributed by atoms with Crippen LogP contribution in [0.5, 0.6) is 0 Å². The predicted octanol–water partition coefficient (Wildman–Crippen LogP) is 1.78. The largest absolute Gasteiger partial charge is 0.384 e. The molecule has 0 spiro atoms. The van der Waals surface area contributed by atoms with Gasteiger partial charge < -0.3 is 18.6 Å². The van der Waals surface area contributed by atoms with Crippen molar-refractivity contribution in [3.8, 4) is 0 Å². The van der Waals surface area contributed by atoms with E-state index in [9.17, 15) is 0 Å². The van der Waals surface area contributed by atoms with Gasteiger partial charge in [0.25, 0.3) is 5.89 Å². The first-order valence-corrected chi connectivity index (χ1v) is 8.49. The number of hydrogen-bond donors (Lipinski definition) is 0. The van der Waals surface area contributed by atoms with Gasteiger partial charge in [0.05, 0.1) is 12.7 Å². The molecule has 1 fully saturated rings. The molecule has 0 aliphatic carbocycles. The van der Waals surface area contributed by atoms with Gasteiger partial charge >= 0.3 is 0 Å². The van der Waals surface area contributed by atoms with E-state index in [4.69, 9.17) is 14.0 Å². The maximum absolute atomic E-state index is 5.93. The van der Waals surface area contributed by atoms with Gasteiger partial charge in [0.1, 0.15) is 6.61 Å². The van der Waals surface area contributed by atoms with Crippen LogP contribution in [0.25, 0.3) is 0 Å². The minimum Gasteiger partial charge on any atom is -0.384 e. The van der Waals surface area contributed by atoms with E-state index in [1.54, 1.807) is 7.11 Å². The summed E-state index contributed by atoms with van der Waals surface area (Å²) in [5, 5.41) is 3.92. The SMILES string of the molecule is COCCc1noc(COC2CCN(Cc3cccn3C)CC2)n1. The van der Waals surface area contributed by atoms with Gasteiger partial charge in [0, 0.05) is 52.1 Å². The average Bonchev–Trinajstić information content (AvgIpc) is 3.22. The van der Waals surface area contributed by atoms with Crippen LogP contribution in [0.3, 0.4) is 0 Å². The van der Waals surface area contributed by atoms with Crippen LogP contribution in [0.1, 0.15) is 30.3 Å². The van der Waals surface area contributed by atoms with Crippen molar-refractivity contribution in [2.24, 2.45) is 7.05 Å². The van der Waals surface area contributed by atoms with E-state index in [1.807, 2.05) is 0 Å². The Balaban J connectivity index is 1.38. The first-order valence-electron chi connectivity index (χ1n) is 8.49. The van der Waals surface area contributed by atoms with Crippen LogP contribution in [0.4, 0.5) is 0 Å². The van der Waals surface area contributed by atoms with Crippen molar-refractivity contribution in [1.29, 1.82) is 0 Å². The molecule has 0 bridgehead atoms. The number of hydrogen-bond acceptors (Lipinski definition) is 6. The molecule has 24 heavy (non-hydrogen) atoms. The highest BCUT2D eigenvalue weighted by Crippen LogP contribution is 2.17. The summed E-state index contributed by atoms with van der Waals surface area (Å²) in [5.41, 5.74) is 1.35. The lowest BCUT2D eigenvalue weighted by Crippen LogP contribution is -2.36. The topological polar surface area (TPSA) is 65.6 Å². The van der Waals surface area contributed by atoms with Crippen LogP contribution >= 0.6 is 0 Å². The summed E-state index contributed by atoms with van der Waals surface area (Å²) in [4.78, 5) is 6.79. The van der Waals surface area contributed by atoms with E-state index in [2.05, 4.69) is 45.0 Å². The minimum atomic E-state index is 0.268. The Hall–Kier alpha value is -1.70. The molecule has 0 unspecified atom stereocenters. The Bertz CT molecular complexity index is 617. The Morgan fingerprint density at radius 2 is 2.17 bits per heavy atom. The van der Waals surface area contributed by atoms with Gasteiger partial charge in [-0.2, -0.15) is 4.98 Å². The minimum absolute atomic E-state index is 0.268. The molecule has 0 amide bonds. The number of methoxy groups -OCH3 is 1. The summed E-state index contributed by atoms with van der Waals surface area (Å²) in [6.07, 6.45) is 5.10. The highest BCUT2D eigenvalue weighted by Gasteiger charge is 2.21. The van der Waals surface area contributed by atoms with Crippen LogP contribution in [0.2, 0.25) is 0 Å². The molecule has 7 nitrogen and oxygen atoms in total. The maximum atomic E-state index is 5.93. The van der Waals surface area contributed by atoms with Crippen LogP contribution in [0.15, 0.2) is 22.9 Å². The molecule has 0 radical (unpaired) electrons. The molecule has 3 rings (SSSR count). The van der Waals surface area contributed by atoms with Gasteiger partial charge in [-0.05, 0) is 25.0 Å². The molecule has 1 saturated heterocycles. The van der Waals surface area contributed by atoms with Crippen molar-refractivity contribution in [2.45, 2.75) is 38.5 Å². The number of aromatic nitrogens is 3. The van der Waals surface area contributed by atoms with Crippen molar-refractivity contribution in [1.82, 2.24) is 19.6 Å². The zero-order chi connectivity index (χ0) is 16.8. The summed E-state index contributed by atoms with van der Waals surface area (Å²) >= 11 is 0. The summed E-state index contributed by atoms with van der Waals surface area (Å²) in [5.74, 6) is 1.22. The van der Waals surface area contributed by atoms with Gasteiger partial charge in [0.2, 0.25) is 0 Å². The quantitative estimate of drug-likeness (QED) is 0.733. The molecule has 2 aromatic rings. The smallest absolute Gasteiger partial charge is 0.252 e. The zero-order valence-corrected chi connectivity index (χ0v) is 14.5. The van der Waals surface area contributed by atoms with Crippen LogP contribution < -0.4 is 0 Å². The molecule has 7 heteroatoms. The molecule has 3 heterocycles. The lowest BCUT2D eigenvalue weighted by atomic mass is 10.1. The predicted molar refractivity (Wildman–Crippen MR) is 88.4 cm³/mol.